The molecule has 1 aromatic heterocycles. The van der Waals surface area contributed by atoms with Gasteiger partial charge in [-0.1, -0.05) is 25.7 Å². The van der Waals surface area contributed by atoms with Gasteiger partial charge in [0.05, 0.1) is 19.2 Å². The van der Waals surface area contributed by atoms with Crippen LogP contribution in [0.2, 0.25) is 0 Å². The van der Waals surface area contributed by atoms with E-state index in [4.69, 9.17) is 19.4 Å². The van der Waals surface area contributed by atoms with E-state index in [0.717, 1.165) is 98.5 Å². The number of methoxy groups -OCH3 is 1. The molecule has 244 valence electrons. The second kappa shape index (κ2) is 15.8. The monoisotopic (exact) mass is 607 g/mol. The quantitative estimate of drug-likeness (QED) is 0.334. The first-order valence-electron chi connectivity index (χ1n) is 17.8. The molecule has 4 fully saturated rings. The van der Waals surface area contributed by atoms with Gasteiger partial charge in [-0.3, -0.25) is 0 Å². The number of piperidine rings is 2. The first-order chi connectivity index (χ1) is 21.6. The number of nitrogens with zero attached hydrogens (tertiary/aromatic N) is 6. The van der Waals surface area contributed by atoms with E-state index in [1.165, 1.54) is 84.1 Å². The van der Waals surface area contributed by atoms with Crippen molar-refractivity contribution in [1.82, 2.24) is 24.7 Å². The number of likely N-dealkylation sites (tertiary alicyclic amines) is 2. The molecule has 0 bridgehead atoms. The molecule has 1 aromatic carbocycles. The summed E-state index contributed by atoms with van der Waals surface area (Å²) in [5.41, 5.74) is 0.927. The van der Waals surface area contributed by atoms with Crippen molar-refractivity contribution >= 4 is 22.7 Å². The summed E-state index contributed by atoms with van der Waals surface area (Å²) in [6.45, 7) is 11.9. The van der Waals surface area contributed by atoms with Crippen molar-refractivity contribution in [3.05, 3.63) is 12.1 Å². The molecule has 0 radical (unpaired) electrons. The Bertz CT molecular complexity index is 1180. The molecule has 44 heavy (non-hydrogen) atoms. The maximum absolute atomic E-state index is 6.35. The third-order valence-corrected chi connectivity index (χ3v) is 10.5. The van der Waals surface area contributed by atoms with Gasteiger partial charge in [0.2, 0.25) is 5.95 Å². The lowest BCUT2D eigenvalue weighted by atomic mass is 9.88. The van der Waals surface area contributed by atoms with E-state index in [9.17, 15) is 0 Å². The normalized spacial score (nSPS) is 22.3. The Hall–Kier alpha value is -2.36. The molecule has 4 aliphatic rings. The minimum absolute atomic E-state index is 0.413. The second-order valence-electron chi connectivity index (χ2n) is 13.9. The molecule has 4 heterocycles. The highest BCUT2D eigenvalue weighted by Crippen LogP contribution is 2.36. The lowest BCUT2D eigenvalue weighted by molar-refractivity contribution is 0.168. The summed E-state index contributed by atoms with van der Waals surface area (Å²) in [4.78, 5) is 20.4. The second-order valence-corrected chi connectivity index (χ2v) is 13.9. The summed E-state index contributed by atoms with van der Waals surface area (Å²) in [5, 5.41) is 4.91. The van der Waals surface area contributed by atoms with Gasteiger partial charge < -0.3 is 34.4 Å². The standard InChI is InChI=1S/C35H57N7O2/c1-39-15-9-19-42(23-22-39)35-37-31-26-33(44-24-10-18-40-16-7-4-8-17-40)32(43-2)25-30(31)34(38-35)36-29-13-20-41(21-14-29)27-28-11-5-3-6-12-28/h25-26,28-29H,3-24,27H2,1-2H3,(H,36,37,38). The fourth-order valence-electron chi connectivity index (χ4n) is 7.74. The lowest BCUT2D eigenvalue weighted by Crippen LogP contribution is -2.41. The highest BCUT2D eigenvalue weighted by Gasteiger charge is 2.25. The Kier molecular flexibility index (Phi) is 11.3. The summed E-state index contributed by atoms with van der Waals surface area (Å²) < 4.78 is 12.2. The summed E-state index contributed by atoms with van der Waals surface area (Å²) in [7, 11) is 3.94. The molecule has 0 spiro atoms. The van der Waals surface area contributed by atoms with Crippen LogP contribution >= 0.6 is 0 Å². The van der Waals surface area contributed by atoms with E-state index in [2.05, 4.69) is 44.1 Å². The molecular weight excluding hydrogens is 550 g/mol. The van der Waals surface area contributed by atoms with Crippen LogP contribution in [-0.4, -0.2) is 117 Å². The molecule has 3 saturated heterocycles. The van der Waals surface area contributed by atoms with Crippen molar-refractivity contribution in [3.63, 3.8) is 0 Å². The minimum atomic E-state index is 0.413. The van der Waals surface area contributed by atoms with E-state index < -0.39 is 0 Å². The summed E-state index contributed by atoms with van der Waals surface area (Å²) in [6.07, 6.45) is 15.6. The molecule has 1 saturated carbocycles. The maximum Gasteiger partial charge on any atom is 0.227 e. The van der Waals surface area contributed by atoms with Crippen molar-refractivity contribution in [3.8, 4) is 11.5 Å². The summed E-state index contributed by atoms with van der Waals surface area (Å²) in [5.74, 6) is 4.20. The number of likely N-dealkylation sites (N-methyl/N-ethyl adjacent to an activating group) is 1. The fourth-order valence-corrected chi connectivity index (χ4v) is 7.74. The Morgan fingerprint density at radius 2 is 1.57 bits per heavy atom. The van der Waals surface area contributed by atoms with Gasteiger partial charge >= 0.3 is 0 Å². The predicted molar refractivity (Wildman–Crippen MR) is 180 cm³/mol. The van der Waals surface area contributed by atoms with Crippen molar-refractivity contribution in [1.29, 1.82) is 0 Å². The van der Waals surface area contributed by atoms with Crippen molar-refractivity contribution in [2.45, 2.75) is 83.1 Å². The van der Waals surface area contributed by atoms with E-state index in [0.29, 0.717) is 12.6 Å². The van der Waals surface area contributed by atoms with E-state index in [-0.39, 0.29) is 0 Å². The summed E-state index contributed by atoms with van der Waals surface area (Å²) >= 11 is 0. The lowest BCUT2D eigenvalue weighted by Gasteiger charge is -2.36. The van der Waals surface area contributed by atoms with Crippen LogP contribution in [0.5, 0.6) is 11.5 Å². The number of aromatic nitrogens is 2. The number of nitrogens with one attached hydrogen (secondary N) is 1. The van der Waals surface area contributed by atoms with Gasteiger partial charge in [-0.25, -0.2) is 4.98 Å². The van der Waals surface area contributed by atoms with Crippen LogP contribution in [0.3, 0.4) is 0 Å². The minimum Gasteiger partial charge on any atom is -0.493 e. The van der Waals surface area contributed by atoms with Crippen LogP contribution in [0, 0.1) is 5.92 Å². The molecule has 9 heteroatoms. The molecule has 0 amide bonds. The Balaban J connectivity index is 1.17. The van der Waals surface area contributed by atoms with Crippen LogP contribution < -0.4 is 19.7 Å². The van der Waals surface area contributed by atoms with Crippen LogP contribution in [-0.2, 0) is 0 Å². The van der Waals surface area contributed by atoms with Crippen LogP contribution in [0.4, 0.5) is 11.8 Å². The zero-order chi connectivity index (χ0) is 30.1. The van der Waals surface area contributed by atoms with Gasteiger partial charge in [-0.05, 0) is 90.0 Å². The maximum atomic E-state index is 6.35. The van der Waals surface area contributed by atoms with Gasteiger partial charge in [0.25, 0.3) is 0 Å². The molecule has 9 nitrogen and oxygen atoms in total. The average Bonchev–Trinajstić information content (AvgIpc) is 3.29. The third kappa shape index (κ3) is 8.46. The van der Waals surface area contributed by atoms with Gasteiger partial charge in [0.15, 0.2) is 11.5 Å². The molecule has 1 N–H and O–H groups in total. The fraction of sp³-hybridized carbons (Fsp3) is 0.771. The Morgan fingerprint density at radius 1 is 0.773 bits per heavy atom. The third-order valence-electron chi connectivity index (χ3n) is 10.5. The Morgan fingerprint density at radius 3 is 2.36 bits per heavy atom. The van der Waals surface area contributed by atoms with E-state index in [1.54, 1.807) is 7.11 Å². The smallest absolute Gasteiger partial charge is 0.227 e. The zero-order valence-corrected chi connectivity index (χ0v) is 27.6. The largest absolute Gasteiger partial charge is 0.493 e. The van der Waals surface area contributed by atoms with Crippen LogP contribution in [0.1, 0.15) is 77.0 Å². The molecule has 6 rings (SSSR count). The number of fused-ring (bicyclic) bond motifs is 1. The number of rotatable bonds is 11. The highest BCUT2D eigenvalue weighted by molar-refractivity contribution is 5.93. The van der Waals surface area contributed by atoms with Crippen molar-refractivity contribution in [2.24, 2.45) is 5.92 Å². The number of ether oxygens (including phenoxy) is 2. The number of hydrogen-bond acceptors (Lipinski definition) is 9. The Labute approximate surface area is 265 Å². The molecular formula is C35H57N7O2. The van der Waals surface area contributed by atoms with Crippen LogP contribution in [0.25, 0.3) is 10.9 Å². The first-order valence-corrected chi connectivity index (χ1v) is 17.8. The number of hydrogen-bond donors (Lipinski definition) is 1. The predicted octanol–water partition coefficient (Wildman–Crippen LogP) is 5.49. The number of benzene rings is 1. The molecule has 2 aromatic rings. The van der Waals surface area contributed by atoms with Gasteiger partial charge in [0, 0.05) is 63.3 Å². The molecule has 0 unspecified atom stereocenters. The van der Waals surface area contributed by atoms with E-state index >= 15 is 0 Å². The summed E-state index contributed by atoms with van der Waals surface area (Å²) in [6, 6.07) is 4.59. The molecule has 1 aliphatic carbocycles. The SMILES string of the molecule is COc1cc2c(NC3CCN(CC4CCCCC4)CC3)nc(N3CCCN(C)CC3)nc2cc1OCCCN1CCCCC1. The molecule has 3 aliphatic heterocycles. The van der Waals surface area contributed by atoms with Crippen molar-refractivity contribution < 1.29 is 9.47 Å². The van der Waals surface area contributed by atoms with E-state index in [1.807, 2.05) is 0 Å². The van der Waals surface area contributed by atoms with Gasteiger partial charge in [0.1, 0.15) is 5.82 Å². The zero-order valence-electron chi connectivity index (χ0n) is 27.6. The first kappa shape index (κ1) is 31.6. The van der Waals surface area contributed by atoms with Gasteiger partial charge in [-0.2, -0.15) is 4.98 Å². The highest BCUT2D eigenvalue weighted by atomic mass is 16.5. The average molecular weight is 608 g/mol. The van der Waals surface area contributed by atoms with Crippen LogP contribution in [0.15, 0.2) is 12.1 Å². The number of anilines is 2. The van der Waals surface area contributed by atoms with Crippen molar-refractivity contribution in [2.75, 3.05) is 96.4 Å². The van der Waals surface area contributed by atoms with Gasteiger partial charge in [-0.15, -0.1) is 0 Å². The topological polar surface area (TPSA) is 69.2 Å². The molecule has 0 atom stereocenters.